The molecule has 2 aliphatic rings. The molecule has 2 radical (unpaired) electrons. The molecule has 110 heavy (non-hydrogen) atoms. The number of H-pyrrole nitrogens is 4. The summed E-state index contributed by atoms with van der Waals surface area (Å²) in [6, 6.07) is 45.1. The van der Waals surface area contributed by atoms with Gasteiger partial charge in [-0.2, -0.15) is 0 Å². The quantitative estimate of drug-likeness (QED) is 0.0623. The van der Waals surface area contributed by atoms with Crippen LogP contribution in [0.1, 0.15) is 46.1 Å². The molecule has 43 nitrogen and oxygen atoms in total. The van der Waals surface area contributed by atoms with E-state index < -0.39 is 55.7 Å². The molecule has 0 saturated carbocycles. The van der Waals surface area contributed by atoms with E-state index >= 15 is 0 Å². The van der Waals surface area contributed by atoms with Crippen LogP contribution >= 0.6 is 0 Å². The van der Waals surface area contributed by atoms with Gasteiger partial charge in [0.15, 0.2) is 21.1 Å². The Hall–Kier alpha value is -7.55. The molecular weight excluding hydrogens is 1650 g/mol. The smallest absolute Gasteiger partial charge is 0.378 e. The number of aromatic nitrogens is 10. The number of halogens is 4. The fourth-order valence-corrected chi connectivity index (χ4v) is 9.77. The summed E-state index contributed by atoms with van der Waals surface area (Å²) in [7, 11) is -17.1. The van der Waals surface area contributed by atoms with E-state index in [9.17, 15) is 0 Å². The number of hydrogen-bond acceptors (Lipinski definition) is 36. The van der Waals surface area contributed by atoms with Crippen molar-refractivity contribution in [3.05, 3.63) is 210 Å². The summed E-state index contributed by atoms with van der Waals surface area (Å²) in [5, 5.41) is 26.4. The van der Waals surface area contributed by atoms with E-state index in [1.165, 1.54) is 0 Å². The van der Waals surface area contributed by atoms with Gasteiger partial charge in [0.2, 0.25) is 0 Å². The normalized spacial score (nSPS) is 14.6. The molecule has 606 valence electrons. The van der Waals surface area contributed by atoms with Crippen LogP contribution in [0.25, 0.3) is 44.1 Å². The van der Waals surface area contributed by atoms with Gasteiger partial charge < -0.3 is 38.9 Å². The number of nitrogens with zero attached hydrogens (tertiary/aromatic N) is 13. The number of hydrogen-bond donors (Lipinski definition) is 4. The van der Waals surface area contributed by atoms with Crippen LogP contribution in [-0.4, -0.2) is 184 Å². The molecule has 4 aromatic carbocycles. The van der Waals surface area contributed by atoms with Crippen LogP contribution in [0.4, 0.5) is 0 Å². The van der Waals surface area contributed by atoms with Crippen LogP contribution in [0.5, 0.6) is 0 Å². The molecule has 0 fully saturated rings. The van der Waals surface area contributed by atoms with Crippen molar-refractivity contribution >= 4 is 44.1 Å². The van der Waals surface area contributed by atoms with E-state index in [0.29, 0.717) is 105 Å². The summed E-state index contributed by atoms with van der Waals surface area (Å²) in [4.78, 5) is 77.2. The third-order valence-corrected chi connectivity index (χ3v) is 13.5. The molecule has 0 aliphatic carbocycles. The van der Waals surface area contributed by atoms with Crippen molar-refractivity contribution in [2.24, 2.45) is 0 Å². The van der Waals surface area contributed by atoms with Gasteiger partial charge >= 0.3 is 33.0 Å². The van der Waals surface area contributed by atoms with E-state index in [4.69, 9.17) is 154 Å². The Morgan fingerprint density at radius 1 is 0.309 bits per heavy atom. The maximum atomic E-state index is 8.81. The van der Waals surface area contributed by atoms with Gasteiger partial charge in [-0.15, -0.1) is 41.0 Å². The number of fused-ring (bicyclic) bond motifs is 8. The fraction of sp³-hybridized carbons (Fsp3) is 0.377. The molecular formula is C61H75Cl4N17Ni2O26+2. The van der Waals surface area contributed by atoms with Gasteiger partial charge in [0, 0.05) is 67.1 Å². The maximum absolute atomic E-state index is 8.81. The number of pyridine rings is 2. The summed E-state index contributed by atoms with van der Waals surface area (Å²) in [6.07, 6.45) is 0. The van der Waals surface area contributed by atoms with Crippen molar-refractivity contribution in [1.29, 1.82) is 0 Å². The van der Waals surface area contributed by atoms with Crippen molar-refractivity contribution < 1.29 is 182 Å². The topological polar surface area (TPSA) is 689 Å². The molecule has 4 N–H and O–H groups in total. The third kappa shape index (κ3) is 49.0. The van der Waals surface area contributed by atoms with Crippen LogP contribution in [0, 0.1) is 71.3 Å². The van der Waals surface area contributed by atoms with Gasteiger partial charge in [0.25, 0.3) is 0 Å². The molecule has 0 atom stereocenters. The average molecular weight is 1720 g/mol. The summed E-state index contributed by atoms with van der Waals surface area (Å²) in [5.74, 6) is 3.78. The van der Waals surface area contributed by atoms with Gasteiger partial charge in [-0.05, 0) is 72.8 Å². The van der Waals surface area contributed by atoms with Gasteiger partial charge in [0.05, 0.1) is 146 Å². The number of benzene rings is 4. The van der Waals surface area contributed by atoms with Crippen molar-refractivity contribution in [3.8, 4) is 0 Å². The standard InChI is InChI=1S/2C29H33N7O2.3CH3NO2.4ClHO4.2Ni/c2*1-2-9-25-24(8-1)31-28(32-25)20-35-12-14-37-16-17-38-15-13-36(19-23-7-5-6-22(18-35)30-23)21-29-33-26-10-3-4-11-27(26)34-29;3*1-2(3)4;4*2-1(3,4)5;;/h2*1-11H,12-21H2,(H,31,32)(H,33,34);3*1H3;4*(H,2,3,4,5);;/q;;;;;;;;;2*+3/p-4. The number of rotatable bonds is 8. The van der Waals surface area contributed by atoms with Crippen LogP contribution in [0.3, 0.4) is 0 Å². The van der Waals surface area contributed by atoms with Crippen molar-refractivity contribution in [2.75, 3.05) is 100 Å². The van der Waals surface area contributed by atoms with E-state index in [1.54, 1.807) is 0 Å². The zero-order valence-electron chi connectivity index (χ0n) is 58.4. The van der Waals surface area contributed by atoms with Gasteiger partial charge in [-0.3, -0.25) is 59.9 Å². The Bertz CT molecular complexity index is 3570. The monoisotopic (exact) mass is 1720 g/mol. The predicted octanol–water partition coefficient (Wildman–Crippen LogP) is -11.6. The number of nitro groups is 3. The van der Waals surface area contributed by atoms with Crippen LogP contribution in [0.2, 0.25) is 0 Å². The Labute approximate surface area is 654 Å². The second-order valence-electron chi connectivity index (χ2n) is 22.2. The molecule has 0 unspecified atom stereocenters. The number of ether oxygens (including phenoxy) is 4. The minimum atomic E-state index is -4.94. The molecule has 4 bridgehead atoms. The first-order chi connectivity index (χ1) is 50.8. The maximum Gasteiger partial charge on any atom is 3.00 e. The first-order valence-electron chi connectivity index (χ1n) is 31.3. The Morgan fingerprint density at radius 3 is 0.655 bits per heavy atom. The second kappa shape index (κ2) is 51.2. The van der Waals surface area contributed by atoms with E-state index in [1.807, 2.05) is 72.8 Å². The van der Waals surface area contributed by atoms with E-state index in [0.717, 1.165) is 138 Å². The van der Waals surface area contributed by atoms with Crippen LogP contribution in [0.15, 0.2) is 133 Å². The Balaban J connectivity index is 0.000000530. The summed E-state index contributed by atoms with van der Waals surface area (Å²) >= 11 is 0. The number of para-hydroxylation sites is 8. The van der Waals surface area contributed by atoms with E-state index in [2.05, 4.69) is 100 Å². The van der Waals surface area contributed by atoms with Gasteiger partial charge in [0.1, 0.15) is 23.3 Å². The number of aromatic amines is 4. The molecule has 0 saturated heterocycles. The fourth-order valence-electron chi connectivity index (χ4n) is 9.77. The van der Waals surface area contributed by atoms with Crippen molar-refractivity contribution in [3.63, 3.8) is 0 Å². The minimum absolute atomic E-state index is 0. The van der Waals surface area contributed by atoms with E-state index in [-0.39, 0.29) is 33.0 Å². The molecule has 0 amide bonds. The first-order valence-corrected chi connectivity index (χ1v) is 36.3. The molecule has 0 spiro atoms. The SMILES string of the molecule is C[N+](=O)[O-].C[N+](=O)[O-].C[N+](=O)[O-].[Ni+3].[Ni+3].[O-][Cl+3]([O-])([O-])[O-].[O-][Cl+3]([O-])([O-])[O-].[O-][Cl+3]([O-])([O-])[O-].[O-][Cl+3]([O-])([O-])[O-].c1cc2nc(c1)CN(Cc1nc3ccccc3[nH]1)CCOCCOCCN(Cc1nc3ccccc3[nH]1)C2.c1cc2nc(c1)CN(Cc1nc3ccccc3[nH]1)CCOCCOCCN(Cc1nc3ccccc3[nH]1)C2. The third-order valence-electron chi connectivity index (χ3n) is 13.5. The zero-order valence-corrected chi connectivity index (χ0v) is 63.4. The predicted molar refractivity (Wildman–Crippen MR) is 331 cm³/mol. The van der Waals surface area contributed by atoms with Crippen molar-refractivity contribution in [1.82, 2.24) is 69.4 Å². The first kappa shape index (κ1) is 98.5. The molecule has 2 aliphatic heterocycles. The largest absolute Gasteiger partial charge is 3.00 e. The summed E-state index contributed by atoms with van der Waals surface area (Å²) in [5.41, 5.74) is 12.3. The molecule has 10 aromatic rings. The molecule has 8 heterocycles. The zero-order chi connectivity index (χ0) is 79.9. The molecule has 6 aromatic heterocycles. The summed E-state index contributed by atoms with van der Waals surface area (Å²) in [6.45, 7) is 13.6. The average Bonchev–Trinajstić information content (AvgIpc) is 1.74. The minimum Gasteiger partial charge on any atom is -0.378 e. The molecule has 12 rings (SSSR count). The Morgan fingerprint density at radius 2 is 0.482 bits per heavy atom. The second-order valence-corrected chi connectivity index (χ2v) is 25.2. The number of nitrogens with one attached hydrogen (secondary N) is 4. The van der Waals surface area contributed by atoms with Crippen LogP contribution < -0.4 is 74.5 Å². The number of imidazole rings is 4. The van der Waals surface area contributed by atoms with Gasteiger partial charge in [-0.1, -0.05) is 60.7 Å². The molecule has 49 heteroatoms. The van der Waals surface area contributed by atoms with Crippen molar-refractivity contribution in [2.45, 2.75) is 52.4 Å². The summed E-state index contributed by atoms with van der Waals surface area (Å²) < 4.78 is 159. The van der Waals surface area contributed by atoms with Gasteiger partial charge in [-0.25, -0.2) is 94.5 Å². The Kier molecular flexibility index (Phi) is 45.8. The van der Waals surface area contributed by atoms with Crippen LogP contribution in [-0.2, 0) is 104 Å².